The van der Waals surface area contributed by atoms with Gasteiger partial charge in [-0.1, -0.05) is 201 Å². The standard InChI is InChI=1S/C22H32O2.C18H30O2/c1-2-3-4-5-6-7-8-9-10-11-12-13-14-15-16-17-18-19-20-21-22(23)24;1-2-3-4-5-6-7-8-9-10-11-12-13-14-15-16-17-18(19)20/h10-21H,2-9H2,1H3,(H,23,24);12-17H,2-11H2,1H3,(H,19,20). The number of carboxylic acid groups (broad SMARTS) is 2. The molecule has 0 aromatic carbocycles. The summed E-state index contributed by atoms with van der Waals surface area (Å²) in [5.74, 6) is -1.85. The van der Waals surface area contributed by atoms with Gasteiger partial charge in [-0.15, -0.1) is 0 Å². The molecule has 0 amide bonds. The van der Waals surface area contributed by atoms with Crippen LogP contribution in [-0.4, -0.2) is 22.2 Å². The third-order valence-electron chi connectivity index (χ3n) is 6.53. The molecule has 0 aliphatic carbocycles. The van der Waals surface area contributed by atoms with Crippen LogP contribution >= 0.6 is 0 Å². The summed E-state index contributed by atoms with van der Waals surface area (Å²) >= 11 is 0. The second-order valence-corrected chi connectivity index (χ2v) is 10.7. The van der Waals surface area contributed by atoms with Crippen LogP contribution in [0, 0.1) is 0 Å². The minimum atomic E-state index is -0.936. The molecule has 0 bridgehead atoms. The number of unbranched alkanes of at least 4 members (excludes halogenated alkanes) is 16. The summed E-state index contributed by atoms with van der Waals surface area (Å²) in [6.45, 7) is 4.51. The Balaban J connectivity index is 0. The van der Waals surface area contributed by atoms with Gasteiger partial charge in [0.1, 0.15) is 0 Å². The third kappa shape index (κ3) is 45.6. The highest BCUT2D eigenvalue weighted by atomic mass is 16.4. The predicted octanol–water partition coefficient (Wildman–Crippen LogP) is 12.2. The van der Waals surface area contributed by atoms with E-state index in [0.717, 1.165) is 25.0 Å². The number of allylic oxidation sites excluding steroid dienone is 16. The molecule has 0 rings (SSSR count). The van der Waals surface area contributed by atoms with Crippen molar-refractivity contribution in [1.29, 1.82) is 0 Å². The molecule has 0 fully saturated rings. The van der Waals surface area contributed by atoms with Gasteiger partial charge in [0, 0.05) is 12.2 Å². The van der Waals surface area contributed by atoms with E-state index in [-0.39, 0.29) is 0 Å². The van der Waals surface area contributed by atoms with E-state index >= 15 is 0 Å². The molecular weight excluding hydrogens is 544 g/mol. The van der Waals surface area contributed by atoms with Crippen molar-refractivity contribution in [3.05, 3.63) is 109 Å². The summed E-state index contributed by atoms with van der Waals surface area (Å²) in [5, 5.41) is 16.8. The van der Waals surface area contributed by atoms with Crippen LogP contribution in [-0.2, 0) is 9.59 Å². The Bertz CT molecular complexity index is 910. The first kappa shape index (κ1) is 42.7. The Morgan fingerprint density at radius 1 is 0.364 bits per heavy atom. The van der Waals surface area contributed by atoms with Crippen molar-refractivity contribution in [3.63, 3.8) is 0 Å². The van der Waals surface area contributed by atoms with Gasteiger partial charge in [0.05, 0.1) is 0 Å². The maximum Gasteiger partial charge on any atom is 0.328 e. The fraction of sp³-hybridized carbons (Fsp3) is 0.500. The average molecular weight is 607 g/mol. The predicted molar refractivity (Wildman–Crippen MR) is 192 cm³/mol. The molecule has 0 saturated heterocycles. The van der Waals surface area contributed by atoms with E-state index in [1.165, 1.54) is 115 Å². The van der Waals surface area contributed by atoms with Gasteiger partial charge in [-0.3, -0.25) is 0 Å². The van der Waals surface area contributed by atoms with Crippen LogP contribution in [0.2, 0.25) is 0 Å². The van der Waals surface area contributed by atoms with Gasteiger partial charge >= 0.3 is 11.9 Å². The lowest BCUT2D eigenvalue weighted by Crippen LogP contribution is -1.84. The SMILES string of the molecule is CCCCCCCCCC=CC=CC=CC=CC=CC=CC(=O)O.CCCCCCCCCCCC=CC=CC=CC(=O)O. The molecule has 0 aromatic rings. The lowest BCUT2D eigenvalue weighted by atomic mass is 10.1. The first-order valence-corrected chi connectivity index (χ1v) is 17.0. The van der Waals surface area contributed by atoms with Crippen LogP contribution in [0.4, 0.5) is 0 Å². The van der Waals surface area contributed by atoms with E-state index in [1.54, 1.807) is 18.2 Å². The fourth-order valence-corrected chi connectivity index (χ4v) is 4.06. The van der Waals surface area contributed by atoms with E-state index in [2.05, 4.69) is 32.1 Å². The van der Waals surface area contributed by atoms with Gasteiger partial charge in [0.2, 0.25) is 0 Å². The third-order valence-corrected chi connectivity index (χ3v) is 6.53. The summed E-state index contributed by atoms with van der Waals surface area (Å²) in [7, 11) is 0. The van der Waals surface area contributed by atoms with Crippen LogP contribution in [0.25, 0.3) is 0 Å². The van der Waals surface area contributed by atoms with Crippen LogP contribution in [0.1, 0.15) is 129 Å². The smallest absolute Gasteiger partial charge is 0.328 e. The molecule has 0 aliphatic rings. The van der Waals surface area contributed by atoms with Gasteiger partial charge in [0.15, 0.2) is 0 Å². The number of hydrogen-bond acceptors (Lipinski definition) is 2. The van der Waals surface area contributed by atoms with Gasteiger partial charge < -0.3 is 10.2 Å². The van der Waals surface area contributed by atoms with Crippen molar-refractivity contribution in [3.8, 4) is 0 Å². The molecule has 0 atom stereocenters. The zero-order valence-electron chi connectivity index (χ0n) is 27.8. The fourth-order valence-electron chi connectivity index (χ4n) is 4.06. The second-order valence-electron chi connectivity index (χ2n) is 10.7. The van der Waals surface area contributed by atoms with Gasteiger partial charge in [-0.2, -0.15) is 0 Å². The van der Waals surface area contributed by atoms with Crippen molar-refractivity contribution in [2.45, 2.75) is 129 Å². The molecule has 0 heterocycles. The lowest BCUT2D eigenvalue weighted by molar-refractivity contribution is -0.132. The van der Waals surface area contributed by atoms with E-state index in [4.69, 9.17) is 10.2 Å². The molecule has 246 valence electrons. The number of aliphatic carboxylic acids is 2. The van der Waals surface area contributed by atoms with Crippen molar-refractivity contribution in [1.82, 2.24) is 0 Å². The summed E-state index contributed by atoms with van der Waals surface area (Å²) in [4.78, 5) is 20.4. The second kappa shape index (κ2) is 39.6. The molecule has 0 unspecified atom stereocenters. The largest absolute Gasteiger partial charge is 0.478 e. The highest BCUT2D eigenvalue weighted by Crippen LogP contribution is 2.11. The molecule has 0 saturated carbocycles. The van der Waals surface area contributed by atoms with E-state index < -0.39 is 11.9 Å². The average Bonchev–Trinajstić information content (AvgIpc) is 3.00. The Hall–Kier alpha value is -3.40. The molecular formula is C40H62O4. The quantitative estimate of drug-likeness (QED) is 0.0554. The molecule has 44 heavy (non-hydrogen) atoms. The zero-order chi connectivity index (χ0) is 32.6. The Morgan fingerprint density at radius 2 is 0.614 bits per heavy atom. The zero-order valence-corrected chi connectivity index (χ0v) is 27.8. The number of carbonyl (C=O) groups is 2. The summed E-state index contributed by atoms with van der Waals surface area (Å²) in [6, 6.07) is 0. The minimum absolute atomic E-state index is 0.909. The maximum absolute atomic E-state index is 10.2. The summed E-state index contributed by atoms with van der Waals surface area (Å²) in [5.41, 5.74) is 0. The maximum atomic E-state index is 10.2. The molecule has 0 aromatic heterocycles. The van der Waals surface area contributed by atoms with Gasteiger partial charge in [0.25, 0.3) is 0 Å². The van der Waals surface area contributed by atoms with Crippen molar-refractivity contribution in [2.75, 3.05) is 0 Å². The molecule has 0 spiro atoms. The molecule has 4 nitrogen and oxygen atoms in total. The number of carboxylic acids is 2. The molecule has 0 aliphatic heterocycles. The van der Waals surface area contributed by atoms with Crippen LogP contribution < -0.4 is 0 Å². The number of rotatable bonds is 27. The summed E-state index contributed by atoms with van der Waals surface area (Å²) in [6.07, 6.45) is 56.5. The Morgan fingerprint density at radius 3 is 0.909 bits per heavy atom. The number of hydrogen-bond donors (Lipinski definition) is 2. The van der Waals surface area contributed by atoms with Gasteiger partial charge in [-0.25, -0.2) is 9.59 Å². The van der Waals surface area contributed by atoms with E-state index in [0.29, 0.717) is 0 Å². The van der Waals surface area contributed by atoms with Gasteiger partial charge in [-0.05, 0) is 25.7 Å². The first-order valence-electron chi connectivity index (χ1n) is 17.0. The van der Waals surface area contributed by atoms with E-state index in [1.807, 2.05) is 48.6 Å². The van der Waals surface area contributed by atoms with Crippen LogP contribution in [0.15, 0.2) is 109 Å². The Labute approximate surface area is 270 Å². The van der Waals surface area contributed by atoms with Crippen molar-refractivity contribution < 1.29 is 19.8 Å². The molecule has 4 heteroatoms. The summed E-state index contributed by atoms with van der Waals surface area (Å²) < 4.78 is 0. The molecule has 2 N–H and O–H groups in total. The van der Waals surface area contributed by atoms with Crippen molar-refractivity contribution >= 4 is 11.9 Å². The highest BCUT2D eigenvalue weighted by Gasteiger charge is 1.91. The Kier molecular flexibility index (Phi) is 38.5. The molecule has 0 radical (unpaired) electrons. The normalized spacial score (nSPS) is 12.6. The highest BCUT2D eigenvalue weighted by molar-refractivity contribution is 5.80. The van der Waals surface area contributed by atoms with Crippen molar-refractivity contribution in [2.24, 2.45) is 0 Å². The van der Waals surface area contributed by atoms with E-state index in [9.17, 15) is 9.59 Å². The minimum Gasteiger partial charge on any atom is -0.478 e. The first-order chi connectivity index (χ1) is 21.5. The topological polar surface area (TPSA) is 74.6 Å². The monoisotopic (exact) mass is 606 g/mol. The van der Waals surface area contributed by atoms with Crippen LogP contribution in [0.3, 0.4) is 0 Å². The lowest BCUT2D eigenvalue weighted by Gasteiger charge is -2.00. The van der Waals surface area contributed by atoms with Crippen LogP contribution in [0.5, 0.6) is 0 Å².